The Bertz CT molecular complexity index is 595. The SMILES string of the molecule is CCn1nc(C)c(Br)c1CC(NN)c1ccnc(C)n1. The van der Waals surface area contributed by atoms with E-state index in [1.54, 1.807) is 6.20 Å². The van der Waals surface area contributed by atoms with Crippen LogP contribution in [0, 0.1) is 13.8 Å². The molecular weight excluding hydrogens is 320 g/mol. The molecule has 2 rings (SSSR count). The average molecular weight is 339 g/mol. The largest absolute Gasteiger partial charge is 0.271 e. The monoisotopic (exact) mass is 338 g/mol. The van der Waals surface area contributed by atoms with Crippen LogP contribution >= 0.6 is 15.9 Å². The van der Waals surface area contributed by atoms with Gasteiger partial charge in [0.25, 0.3) is 0 Å². The minimum absolute atomic E-state index is 0.0746. The van der Waals surface area contributed by atoms with Crippen molar-refractivity contribution >= 4 is 15.9 Å². The maximum Gasteiger partial charge on any atom is 0.125 e. The number of aromatic nitrogens is 4. The third-order valence-electron chi connectivity index (χ3n) is 3.21. The van der Waals surface area contributed by atoms with Gasteiger partial charge in [0, 0.05) is 19.2 Å². The third-order valence-corrected chi connectivity index (χ3v) is 4.24. The summed E-state index contributed by atoms with van der Waals surface area (Å²) in [5.41, 5.74) is 5.81. The van der Waals surface area contributed by atoms with E-state index in [4.69, 9.17) is 5.84 Å². The predicted octanol–water partition coefficient (Wildman–Crippen LogP) is 1.82. The number of aryl methyl sites for hydroxylation is 3. The second-order valence-electron chi connectivity index (χ2n) is 4.61. The van der Waals surface area contributed by atoms with Crippen molar-refractivity contribution in [2.24, 2.45) is 5.84 Å². The molecule has 20 heavy (non-hydrogen) atoms. The van der Waals surface area contributed by atoms with Crippen LogP contribution in [0.1, 0.15) is 35.9 Å². The van der Waals surface area contributed by atoms with Crippen molar-refractivity contribution in [1.82, 2.24) is 25.2 Å². The molecule has 0 radical (unpaired) electrons. The van der Waals surface area contributed by atoms with Crippen LogP contribution in [-0.4, -0.2) is 19.7 Å². The Kier molecular flexibility index (Phi) is 4.85. The number of hydrogen-bond acceptors (Lipinski definition) is 5. The number of hydrogen-bond donors (Lipinski definition) is 2. The van der Waals surface area contributed by atoms with Gasteiger partial charge in [-0.1, -0.05) is 0 Å². The van der Waals surface area contributed by atoms with Crippen LogP contribution in [0.2, 0.25) is 0 Å². The highest BCUT2D eigenvalue weighted by atomic mass is 79.9. The minimum atomic E-state index is -0.0746. The first kappa shape index (κ1) is 15.1. The molecule has 1 atom stereocenters. The van der Waals surface area contributed by atoms with Gasteiger partial charge in [0.2, 0.25) is 0 Å². The van der Waals surface area contributed by atoms with Gasteiger partial charge in [-0.25, -0.2) is 9.97 Å². The molecule has 0 saturated heterocycles. The van der Waals surface area contributed by atoms with Crippen molar-refractivity contribution in [1.29, 1.82) is 0 Å². The second-order valence-corrected chi connectivity index (χ2v) is 5.41. The smallest absolute Gasteiger partial charge is 0.125 e. The third kappa shape index (κ3) is 3.05. The zero-order valence-electron chi connectivity index (χ0n) is 11.9. The minimum Gasteiger partial charge on any atom is -0.271 e. The maximum atomic E-state index is 5.70. The summed E-state index contributed by atoms with van der Waals surface area (Å²) in [4.78, 5) is 8.55. The summed E-state index contributed by atoms with van der Waals surface area (Å²) in [5.74, 6) is 6.43. The molecular formula is C13H19BrN6. The van der Waals surface area contributed by atoms with Crippen LogP contribution in [0.5, 0.6) is 0 Å². The summed E-state index contributed by atoms with van der Waals surface area (Å²) in [6.07, 6.45) is 2.46. The summed E-state index contributed by atoms with van der Waals surface area (Å²) in [6.45, 7) is 6.75. The molecule has 0 fully saturated rings. The molecule has 0 amide bonds. The summed E-state index contributed by atoms with van der Waals surface area (Å²) < 4.78 is 3.02. The quantitative estimate of drug-likeness (QED) is 0.641. The lowest BCUT2D eigenvalue weighted by molar-refractivity contribution is 0.504. The summed E-state index contributed by atoms with van der Waals surface area (Å²) in [6, 6.07) is 1.81. The molecule has 6 nitrogen and oxygen atoms in total. The molecule has 0 aliphatic carbocycles. The number of nitrogens with two attached hydrogens (primary N) is 1. The Labute approximate surface area is 126 Å². The van der Waals surface area contributed by atoms with E-state index in [0.717, 1.165) is 33.9 Å². The van der Waals surface area contributed by atoms with E-state index >= 15 is 0 Å². The lowest BCUT2D eigenvalue weighted by atomic mass is 10.1. The topological polar surface area (TPSA) is 81.7 Å². The molecule has 0 spiro atoms. The van der Waals surface area contributed by atoms with Gasteiger partial charge in [-0.3, -0.25) is 16.0 Å². The first-order valence-electron chi connectivity index (χ1n) is 6.54. The van der Waals surface area contributed by atoms with Crippen LogP contribution in [0.4, 0.5) is 0 Å². The van der Waals surface area contributed by atoms with Gasteiger partial charge in [-0.2, -0.15) is 5.10 Å². The van der Waals surface area contributed by atoms with Crippen LogP contribution in [0.15, 0.2) is 16.7 Å². The predicted molar refractivity (Wildman–Crippen MR) is 80.9 cm³/mol. The Morgan fingerprint density at radius 3 is 2.80 bits per heavy atom. The van der Waals surface area contributed by atoms with E-state index in [1.807, 2.05) is 24.6 Å². The highest BCUT2D eigenvalue weighted by Gasteiger charge is 2.19. The van der Waals surface area contributed by atoms with Crippen LogP contribution in [0.3, 0.4) is 0 Å². The Morgan fingerprint density at radius 2 is 2.20 bits per heavy atom. The second kappa shape index (κ2) is 6.43. The van der Waals surface area contributed by atoms with Gasteiger partial charge in [0.15, 0.2) is 0 Å². The molecule has 2 aromatic rings. The Morgan fingerprint density at radius 1 is 1.45 bits per heavy atom. The summed E-state index contributed by atoms with van der Waals surface area (Å²) >= 11 is 3.60. The summed E-state index contributed by atoms with van der Waals surface area (Å²) in [5, 5.41) is 4.50. The molecule has 0 aliphatic rings. The zero-order valence-corrected chi connectivity index (χ0v) is 13.5. The van der Waals surface area contributed by atoms with Crippen molar-refractivity contribution in [3.8, 4) is 0 Å². The highest BCUT2D eigenvalue weighted by molar-refractivity contribution is 9.10. The van der Waals surface area contributed by atoms with Crippen molar-refractivity contribution < 1.29 is 0 Å². The van der Waals surface area contributed by atoms with Crippen molar-refractivity contribution in [2.45, 2.75) is 39.8 Å². The Hall–Kier alpha value is -1.31. The van der Waals surface area contributed by atoms with E-state index in [-0.39, 0.29) is 6.04 Å². The van der Waals surface area contributed by atoms with Gasteiger partial charge in [-0.05, 0) is 42.8 Å². The first-order chi connectivity index (χ1) is 9.56. The van der Waals surface area contributed by atoms with Crippen LogP contribution in [-0.2, 0) is 13.0 Å². The summed E-state index contributed by atoms with van der Waals surface area (Å²) in [7, 11) is 0. The van der Waals surface area contributed by atoms with Gasteiger partial charge >= 0.3 is 0 Å². The fraction of sp³-hybridized carbons (Fsp3) is 0.462. The number of nitrogens with zero attached hydrogens (tertiary/aromatic N) is 4. The molecule has 7 heteroatoms. The van der Waals surface area contributed by atoms with Crippen LogP contribution in [0.25, 0.3) is 0 Å². The molecule has 108 valence electrons. The fourth-order valence-electron chi connectivity index (χ4n) is 2.17. The van der Waals surface area contributed by atoms with E-state index in [2.05, 4.69) is 43.3 Å². The Balaban J connectivity index is 2.31. The average Bonchev–Trinajstić information content (AvgIpc) is 2.71. The van der Waals surface area contributed by atoms with E-state index in [0.29, 0.717) is 6.42 Å². The van der Waals surface area contributed by atoms with Crippen molar-refractivity contribution in [3.05, 3.63) is 39.6 Å². The van der Waals surface area contributed by atoms with Crippen molar-refractivity contribution in [3.63, 3.8) is 0 Å². The maximum absolute atomic E-state index is 5.70. The van der Waals surface area contributed by atoms with E-state index < -0.39 is 0 Å². The highest BCUT2D eigenvalue weighted by Crippen LogP contribution is 2.25. The van der Waals surface area contributed by atoms with Gasteiger partial charge in [0.1, 0.15) is 5.82 Å². The number of halogens is 1. The molecule has 2 heterocycles. The van der Waals surface area contributed by atoms with E-state index in [1.165, 1.54) is 0 Å². The van der Waals surface area contributed by atoms with Crippen LogP contribution < -0.4 is 11.3 Å². The normalized spacial score (nSPS) is 12.7. The standard InChI is InChI=1S/C13H19BrN6/c1-4-20-12(13(14)8(2)19-20)7-11(18-15)10-5-6-16-9(3)17-10/h5-6,11,18H,4,7,15H2,1-3H3. The molecule has 3 N–H and O–H groups in total. The first-order valence-corrected chi connectivity index (χ1v) is 7.33. The van der Waals surface area contributed by atoms with Gasteiger partial charge < -0.3 is 0 Å². The van der Waals surface area contributed by atoms with Gasteiger partial charge in [-0.15, -0.1) is 0 Å². The molecule has 0 bridgehead atoms. The molecule has 0 aromatic carbocycles. The fourth-order valence-corrected chi connectivity index (χ4v) is 2.62. The van der Waals surface area contributed by atoms with Crippen molar-refractivity contribution in [2.75, 3.05) is 0 Å². The lowest BCUT2D eigenvalue weighted by Gasteiger charge is -2.16. The lowest BCUT2D eigenvalue weighted by Crippen LogP contribution is -2.31. The molecule has 2 aromatic heterocycles. The van der Waals surface area contributed by atoms with E-state index in [9.17, 15) is 0 Å². The number of nitrogens with one attached hydrogen (secondary N) is 1. The van der Waals surface area contributed by atoms with Gasteiger partial charge in [0.05, 0.1) is 27.6 Å². The number of hydrazine groups is 1. The molecule has 1 unspecified atom stereocenters. The zero-order chi connectivity index (χ0) is 14.7. The molecule has 0 aliphatic heterocycles. The molecule has 0 saturated carbocycles. The number of rotatable bonds is 5.